The normalized spacial score (nSPS) is 20.1. The maximum atomic E-state index is 12.2. The number of esters is 1. The number of nitrogens with one attached hydrogen (secondary N) is 2. The molecule has 2 saturated heterocycles. The molecule has 2 aliphatic heterocycles. The van der Waals surface area contributed by atoms with E-state index in [0.717, 1.165) is 36.0 Å². The zero-order chi connectivity index (χ0) is 22.4. The van der Waals surface area contributed by atoms with Gasteiger partial charge < -0.3 is 20.5 Å². The molecule has 0 saturated carbocycles. The van der Waals surface area contributed by atoms with Gasteiger partial charge in [0.1, 0.15) is 6.10 Å². The van der Waals surface area contributed by atoms with Crippen molar-refractivity contribution in [1.29, 1.82) is 0 Å². The van der Waals surface area contributed by atoms with E-state index in [0.29, 0.717) is 13.0 Å². The number of aliphatic carboxylic acids is 1. The summed E-state index contributed by atoms with van der Waals surface area (Å²) in [5.41, 5.74) is 0.504. The highest BCUT2D eigenvalue weighted by Gasteiger charge is 2.49. The van der Waals surface area contributed by atoms with E-state index in [4.69, 9.17) is 14.6 Å². The Labute approximate surface area is 178 Å². The van der Waals surface area contributed by atoms with Crippen LogP contribution in [0.1, 0.15) is 24.8 Å². The third-order valence-electron chi connectivity index (χ3n) is 4.78. The number of carboxylic acid groups (broad SMARTS) is 1. The number of carbonyl (C=O) groups is 3. The smallest absolute Gasteiger partial charge is 0.475 e. The van der Waals surface area contributed by atoms with Crippen LogP contribution < -0.4 is 10.6 Å². The molecule has 2 fully saturated rings. The van der Waals surface area contributed by atoms with Gasteiger partial charge in [0.25, 0.3) is 0 Å². The van der Waals surface area contributed by atoms with E-state index in [-0.39, 0.29) is 29.8 Å². The monoisotopic (exact) mass is 495 g/mol. The summed E-state index contributed by atoms with van der Waals surface area (Å²) in [6, 6.07) is 1.87. The van der Waals surface area contributed by atoms with Gasteiger partial charge in [-0.2, -0.15) is 13.2 Å². The Hall–Kier alpha value is -2.21. The third kappa shape index (κ3) is 6.94. The number of hydrogen-bond acceptors (Lipinski definition) is 6. The van der Waals surface area contributed by atoms with Gasteiger partial charge in [-0.1, -0.05) is 0 Å². The Kier molecular flexibility index (Phi) is 8.18. The molecule has 3 rings (SSSR count). The fourth-order valence-electron chi connectivity index (χ4n) is 3.29. The van der Waals surface area contributed by atoms with E-state index in [2.05, 4.69) is 31.5 Å². The van der Waals surface area contributed by atoms with E-state index >= 15 is 0 Å². The number of carboxylic acids is 1. The number of halogens is 4. The van der Waals surface area contributed by atoms with Crippen molar-refractivity contribution in [2.45, 2.75) is 38.0 Å². The number of piperidine rings is 1. The number of amides is 1. The number of nitrogens with zero attached hydrogens (tertiary/aromatic N) is 1. The van der Waals surface area contributed by atoms with Crippen LogP contribution >= 0.6 is 15.9 Å². The van der Waals surface area contributed by atoms with Crippen LogP contribution in [-0.4, -0.2) is 59.9 Å². The van der Waals surface area contributed by atoms with Crippen LogP contribution in [0.5, 0.6) is 0 Å². The van der Waals surface area contributed by atoms with Crippen LogP contribution in [-0.2, 0) is 25.5 Å². The molecule has 3 N–H and O–H groups in total. The summed E-state index contributed by atoms with van der Waals surface area (Å²) in [6.07, 6.45) is 0.654. The molecule has 30 heavy (non-hydrogen) atoms. The zero-order valence-electron chi connectivity index (χ0n) is 15.8. The molecule has 0 aromatic carbocycles. The van der Waals surface area contributed by atoms with Crippen LogP contribution in [0, 0.1) is 5.41 Å². The maximum Gasteiger partial charge on any atom is 0.490 e. The Morgan fingerprint density at radius 1 is 1.33 bits per heavy atom. The number of rotatable bonds is 4. The summed E-state index contributed by atoms with van der Waals surface area (Å²) in [4.78, 5) is 37.1. The zero-order valence-corrected chi connectivity index (χ0v) is 17.4. The molecule has 0 bridgehead atoms. The summed E-state index contributed by atoms with van der Waals surface area (Å²) in [5.74, 6) is -2.95. The number of cyclic esters (lactones) is 1. The minimum Gasteiger partial charge on any atom is -0.475 e. The lowest BCUT2D eigenvalue weighted by molar-refractivity contribution is -0.192. The second-order valence-corrected chi connectivity index (χ2v) is 7.97. The lowest BCUT2D eigenvalue weighted by Gasteiger charge is -2.29. The molecule has 1 aromatic rings. The van der Waals surface area contributed by atoms with Crippen LogP contribution in [0.2, 0.25) is 0 Å². The summed E-state index contributed by atoms with van der Waals surface area (Å²) in [5, 5.41) is 13.3. The van der Waals surface area contributed by atoms with E-state index in [1.165, 1.54) is 0 Å². The standard InChI is InChI=1S/C16H20BrN3O3.C2HF3O2/c17-12-5-11(8-19-9-12)6-14(21)20-10-13-7-16(15(22)23-13)1-3-18-4-2-16;3-2(4,5)1(6)7/h5,8-9,13,18H,1-4,6-7,10H2,(H,20,21);(H,6,7). The SMILES string of the molecule is O=C(Cc1cncc(Br)c1)NCC1CC2(CCNCC2)C(=O)O1.O=C(O)C(F)(F)F. The first kappa shape index (κ1) is 24.1. The molecule has 8 nitrogen and oxygen atoms in total. The molecule has 1 aromatic heterocycles. The van der Waals surface area contributed by atoms with Crippen molar-refractivity contribution in [3.05, 3.63) is 28.5 Å². The minimum absolute atomic E-state index is 0.0905. The average Bonchev–Trinajstić information content (AvgIpc) is 2.95. The molecule has 166 valence electrons. The highest BCUT2D eigenvalue weighted by Crippen LogP contribution is 2.41. The molecule has 1 spiro atoms. The fraction of sp³-hybridized carbons (Fsp3) is 0.556. The van der Waals surface area contributed by atoms with E-state index in [1.807, 2.05) is 6.07 Å². The largest absolute Gasteiger partial charge is 0.490 e. The number of carbonyl (C=O) groups excluding carboxylic acids is 2. The second kappa shape index (κ2) is 10.2. The summed E-state index contributed by atoms with van der Waals surface area (Å²) in [7, 11) is 0. The Bertz CT molecular complexity index is 785. The van der Waals surface area contributed by atoms with Gasteiger partial charge in [-0.15, -0.1) is 0 Å². The van der Waals surface area contributed by atoms with Gasteiger partial charge in [0.2, 0.25) is 5.91 Å². The van der Waals surface area contributed by atoms with E-state index in [1.54, 1.807) is 12.4 Å². The summed E-state index contributed by atoms with van der Waals surface area (Å²) in [6.45, 7) is 2.08. The first-order valence-corrected chi connectivity index (χ1v) is 9.89. The molecule has 3 heterocycles. The Balaban J connectivity index is 0.000000396. The van der Waals surface area contributed by atoms with Crippen molar-refractivity contribution in [3.8, 4) is 0 Å². The van der Waals surface area contributed by atoms with Gasteiger partial charge in [0, 0.05) is 23.3 Å². The minimum atomic E-state index is -5.08. The number of ether oxygens (including phenoxy) is 1. The molecular weight excluding hydrogens is 475 g/mol. The first-order valence-electron chi connectivity index (χ1n) is 9.10. The number of alkyl halides is 3. The van der Waals surface area contributed by atoms with Gasteiger partial charge in [-0.3, -0.25) is 14.6 Å². The van der Waals surface area contributed by atoms with Crippen LogP contribution in [0.4, 0.5) is 13.2 Å². The predicted molar refractivity (Wildman–Crippen MR) is 101 cm³/mol. The molecule has 1 amide bonds. The molecule has 1 unspecified atom stereocenters. The number of hydrogen-bond donors (Lipinski definition) is 3. The highest BCUT2D eigenvalue weighted by atomic mass is 79.9. The number of pyridine rings is 1. The number of aromatic nitrogens is 1. The molecular formula is C18H21BrF3N3O5. The van der Waals surface area contributed by atoms with Crippen molar-refractivity contribution >= 4 is 33.8 Å². The quantitative estimate of drug-likeness (QED) is 0.545. The molecule has 0 aliphatic carbocycles. The van der Waals surface area contributed by atoms with E-state index in [9.17, 15) is 22.8 Å². The molecule has 2 aliphatic rings. The average molecular weight is 496 g/mol. The third-order valence-corrected chi connectivity index (χ3v) is 5.22. The van der Waals surface area contributed by atoms with Crippen molar-refractivity contribution in [2.24, 2.45) is 5.41 Å². The van der Waals surface area contributed by atoms with Gasteiger partial charge in [0.15, 0.2) is 0 Å². The summed E-state index contributed by atoms with van der Waals surface area (Å²) >= 11 is 3.34. The first-order chi connectivity index (χ1) is 14.0. The molecule has 1 atom stereocenters. The van der Waals surface area contributed by atoms with Gasteiger partial charge in [0.05, 0.1) is 18.4 Å². The van der Waals surface area contributed by atoms with Crippen molar-refractivity contribution < 1.29 is 37.4 Å². The Morgan fingerprint density at radius 3 is 2.53 bits per heavy atom. The van der Waals surface area contributed by atoms with Crippen LogP contribution in [0.15, 0.2) is 22.9 Å². The van der Waals surface area contributed by atoms with Gasteiger partial charge in [-0.25, -0.2) is 4.79 Å². The lowest BCUT2D eigenvalue weighted by atomic mass is 9.76. The van der Waals surface area contributed by atoms with Gasteiger partial charge >= 0.3 is 18.1 Å². The van der Waals surface area contributed by atoms with Gasteiger partial charge in [-0.05, 0) is 53.5 Å². The van der Waals surface area contributed by atoms with Crippen molar-refractivity contribution in [3.63, 3.8) is 0 Å². The van der Waals surface area contributed by atoms with Crippen LogP contribution in [0.3, 0.4) is 0 Å². The summed E-state index contributed by atoms with van der Waals surface area (Å²) < 4.78 is 38.1. The van der Waals surface area contributed by atoms with Crippen molar-refractivity contribution in [1.82, 2.24) is 15.6 Å². The lowest BCUT2D eigenvalue weighted by Crippen LogP contribution is -2.40. The van der Waals surface area contributed by atoms with E-state index < -0.39 is 12.1 Å². The Morgan fingerprint density at radius 2 is 1.97 bits per heavy atom. The topological polar surface area (TPSA) is 118 Å². The molecule has 0 radical (unpaired) electrons. The predicted octanol–water partition coefficient (Wildman–Crippen LogP) is 1.82. The van der Waals surface area contributed by atoms with Crippen LogP contribution in [0.25, 0.3) is 0 Å². The maximum absolute atomic E-state index is 12.2. The van der Waals surface area contributed by atoms with Crippen molar-refractivity contribution in [2.75, 3.05) is 19.6 Å². The second-order valence-electron chi connectivity index (χ2n) is 7.06. The highest BCUT2D eigenvalue weighted by molar-refractivity contribution is 9.10. The molecule has 12 heteroatoms. The fourth-order valence-corrected chi connectivity index (χ4v) is 3.70.